The molecule has 9 heteroatoms. The zero-order valence-corrected chi connectivity index (χ0v) is 18.5. The molecular formula is C24H21FN4O3S. The number of carbonyl (C=O) groups is 1. The van der Waals surface area contributed by atoms with Gasteiger partial charge in [-0.1, -0.05) is 36.0 Å². The van der Waals surface area contributed by atoms with Crippen molar-refractivity contribution in [1.82, 2.24) is 19.7 Å². The van der Waals surface area contributed by atoms with Gasteiger partial charge < -0.3 is 14.1 Å². The number of hydrogen-bond acceptors (Lipinski definition) is 6. The standard InChI is InChI=1S/C24H21FN4O3S/c25-19-4-1-2-5-20(19)29-22(21-6-3-13-32-21)26-27-24(29)33-16-17-7-9-18(10-8-17)23(30)28-11-14-31-15-12-28/h1-10,13H,11-12,14-16H2. The first-order valence-corrected chi connectivity index (χ1v) is 11.5. The summed E-state index contributed by atoms with van der Waals surface area (Å²) in [7, 11) is 0. The smallest absolute Gasteiger partial charge is 0.254 e. The van der Waals surface area contributed by atoms with Gasteiger partial charge in [0, 0.05) is 24.4 Å². The van der Waals surface area contributed by atoms with Gasteiger partial charge in [-0.3, -0.25) is 9.36 Å². The molecule has 7 nitrogen and oxygen atoms in total. The van der Waals surface area contributed by atoms with Crippen LogP contribution in [-0.4, -0.2) is 51.9 Å². The summed E-state index contributed by atoms with van der Waals surface area (Å²) >= 11 is 1.43. The van der Waals surface area contributed by atoms with Crippen molar-refractivity contribution in [2.24, 2.45) is 0 Å². The molecular weight excluding hydrogens is 443 g/mol. The monoisotopic (exact) mass is 464 g/mol. The number of hydrogen-bond donors (Lipinski definition) is 0. The van der Waals surface area contributed by atoms with Crippen LogP contribution in [0, 0.1) is 5.82 Å². The maximum Gasteiger partial charge on any atom is 0.254 e. The van der Waals surface area contributed by atoms with E-state index in [1.165, 1.54) is 17.8 Å². The molecule has 168 valence electrons. The number of para-hydroxylation sites is 1. The Morgan fingerprint density at radius 1 is 1.00 bits per heavy atom. The van der Waals surface area contributed by atoms with Crippen LogP contribution < -0.4 is 0 Å². The van der Waals surface area contributed by atoms with Crippen molar-refractivity contribution in [3.63, 3.8) is 0 Å². The van der Waals surface area contributed by atoms with Crippen molar-refractivity contribution < 1.29 is 18.3 Å². The maximum absolute atomic E-state index is 14.6. The molecule has 0 spiro atoms. The SMILES string of the molecule is O=C(c1ccc(CSc2nnc(-c3ccco3)n2-c2ccccc2F)cc1)N1CCOCC1. The largest absolute Gasteiger partial charge is 0.461 e. The fourth-order valence-corrected chi connectivity index (χ4v) is 4.52. The fourth-order valence-electron chi connectivity index (χ4n) is 3.62. The molecule has 1 amide bonds. The Hall–Kier alpha value is -3.43. The van der Waals surface area contributed by atoms with E-state index in [4.69, 9.17) is 9.15 Å². The van der Waals surface area contributed by atoms with Gasteiger partial charge in [0.15, 0.2) is 10.9 Å². The van der Waals surface area contributed by atoms with E-state index in [1.807, 2.05) is 24.3 Å². The topological polar surface area (TPSA) is 73.4 Å². The van der Waals surface area contributed by atoms with Gasteiger partial charge in [-0.25, -0.2) is 4.39 Å². The number of carbonyl (C=O) groups excluding carboxylic acids is 1. The summed E-state index contributed by atoms with van der Waals surface area (Å²) in [5.74, 6) is 1.15. The van der Waals surface area contributed by atoms with E-state index in [-0.39, 0.29) is 11.7 Å². The fraction of sp³-hybridized carbons (Fsp3) is 0.208. The van der Waals surface area contributed by atoms with E-state index >= 15 is 0 Å². The molecule has 2 aromatic carbocycles. The minimum absolute atomic E-state index is 0.0138. The van der Waals surface area contributed by atoms with E-state index in [9.17, 15) is 9.18 Å². The first kappa shape index (κ1) is 21.4. The van der Waals surface area contributed by atoms with Crippen LogP contribution in [0.15, 0.2) is 76.5 Å². The van der Waals surface area contributed by atoms with Crippen molar-refractivity contribution in [2.45, 2.75) is 10.9 Å². The number of benzene rings is 2. The third-order valence-electron chi connectivity index (χ3n) is 5.34. The van der Waals surface area contributed by atoms with E-state index in [0.717, 1.165) is 5.56 Å². The normalized spacial score (nSPS) is 13.9. The summed E-state index contributed by atoms with van der Waals surface area (Å²) < 4.78 is 27.1. The van der Waals surface area contributed by atoms with Crippen molar-refractivity contribution >= 4 is 17.7 Å². The summed E-state index contributed by atoms with van der Waals surface area (Å²) in [5, 5.41) is 9.08. The van der Waals surface area contributed by atoms with E-state index in [2.05, 4.69) is 10.2 Å². The van der Waals surface area contributed by atoms with E-state index in [1.54, 1.807) is 46.1 Å². The van der Waals surface area contributed by atoms with Crippen LogP contribution in [0.5, 0.6) is 0 Å². The average molecular weight is 465 g/mol. The first-order valence-electron chi connectivity index (χ1n) is 10.5. The van der Waals surface area contributed by atoms with Gasteiger partial charge in [-0.2, -0.15) is 0 Å². The Bertz CT molecular complexity index is 1240. The van der Waals surface area contributed by atoms with E-state index in [0.29, 0.717) is 60.0 Å². The molecule has 0 N–H and O–H groups in total. The van der Waals surface area contributed by atoms with Crippen LogP contribution in [0.3, 0.4) is 0 Å². The van der Waals surface area contributed by atoms with Gasteiger partial charge >= 0.3 is 0 Å². The van der Waals surface area contributed by atoms with E-state index < -0.39 is 0 Å². The molecule has 1 aliphatic rings. The molecule has 4 aromatic rings. The predicted octanol–water partition coefficient (Wildman–Crippen LogP) is 4.43. The zero-order valence-electron chi connectivity index (χ0n) is 17.7. The van der Waals surface area contributed by atoms with Crippen molar-refractivity contribution in [1.29, 1.82) is 0 Å². The molecule has 33 heavy (non-hydrogen) atoms. The minimum atomic E-state index is -0.377. The van der Waals surface area contributed by atoms with Gasteiger partial charge in [0.05, 0.1) is 25.2 Å². The van der Waals surface area contributed by atoms with Crippen LogP contribution in [0.2, 0.25) is 0 Å². The molecule has 0 atom stereocenters. The van der Waals surface area contributed by atoms with Gasteiger partial charge in [-0.15, -0.1) is 10.2 Å². The molecule has 0 saturated carbocycles. The number of halogens is 1. The highest BCUT2D eigenvalue weighted by Crippen LogP contribution is 2.31. The lowest BCUT2D eigenvalue weighted by Gasteiger charge is -2.26. The minimum Gasteiger partial charge on any atom is -0.461 e. The zero-order chi connectivity index (χ0) is 22.6. The molecule has 0 aliphatic carbocycles. The number of nitrogens with zero attached hydrogens (tertiary/aromatic N) is 4. The summed E-state index contributed by atoms with van der Waals surface area (Å²) in [6.07, 6.45) is 1.54. The van der Waals surface area contributed by atoms with Gasteiger partial charge in [0.1, 0.15) is 5.82 Å². The first-order chi connectivity index (χ1) is 16.2. The third-order valence-corrected chi connectivity index (χ3v) is 6.34. The summed E-state index contributed by atoms with van der Waals surface area (Å²) in [6, 6.07) is 17.5. The number of thioether (sulfide) groups is 1. The van der Waals surface area contributed by atoms with Gasteiger partial charge in [0.2, 0.25) is 5.82 Å². The Balaban J connectivity index is 1.36. The van der Waals surface area contributed by atoms with Crippen LogP contribution in [0.1, 0.15) is 15.9 Å². The molecule has 0 bridgehead atoms. The molecule has 1 fully saturated rings. The Labute approximate surface area is 194 Å². The third kappa shape index (κ3) is 4.55. The lowest BCUT2D eigenvalue weighted by atomic mass is 10.1. The molecule has 5 rings (SSSR count). The Morgan fingerprint density at radius 2 is 1.79 bits per heavy atom. The van der Waals surface area contributed by atoms with Crippen molar-refractivity contribution in [2.75, 3.05) is 26.3 Å². The van der Waals surface area contributed by atoms with Crippen LogP contribution in [-0.2, 0) is 10.5 Å². The number of morpholine rings is 1. The molecule has 1 aliphatic heterocycles. The highest BCUT2D eigenvalue weighted by molar-refractivity contribution is 7.98. The van der Waals surface area contributed by atoms with Gasteiger partial charge in [-0.05, 0) is 42.0 Å². The number of furan rings is 1. The number of rotatable bonds is 6. The van der Waals surface area contributed by atoms with Crippen molar-refractivity contribution in [3.8, 4) is 17.3 Å². The summed E-state index contributed by atoms with van der Waals surface area (Å²) in [4.78, 5) is 14.4. The lowest BCUT2D eigenvalue weighted by Crippen LogP contribution is -2.40. The quantitative estimate of drug-likeness (QED) is 0.393. The second-order valence-electron chi connectivity index (χ2n) is 7.46. The molecule has 2 aromatic heterocycles. The maximum atomic E-state index is 14.6. The Morgan fingerprint density at radius 3 is 2.52 bits per heavy atom. The second kappa shape index (κ2) is 9.60. The van der Waals surface area contributed by atoms with Crippen LogP contribution >= 0.6 is 11.8 Å². The molecule has 0 radical (unpaired) electrons. The second-order valence-corrected chi connectivity index (χ2v) is 8.40. The molecule has 1 saturated heterocycles. The summed E-state index contributed by atoms with van der Waals surface area (Å²) in [5.41, 5.74) is 2.02. The highest BCUT2D eigenvalue weighted by atomic mass is 32.2. The van der Waals surface area contributed by atoms with Crippen molar-refractivity contribution in [3.05, 3.63) is 83.9 Å². The lowest BCUT2D eigenvalue weighted by molar-refractivity contribution is 0.0303. The molecule has 0 unspecified atom stereocenters. The number of ether oxygens (including phenoxy) is 1. The molecule has 3 heterocycles. The Kier molecular flexibility index (Phi) is 6.23. The average Bonchev–Trinajstić information content (AvgIpc) is 3.54. The van der Waals surface area contributed by atoms with Crippen LogP contribution in [0.25, 0.3) is 17.3 Å². The predicted molar refractivity (Wildman–Crippen MR) is 122 cm³/mol. The number of amides is 1. The highest BCUT2D eigenvalue weighted by Gasteiger charge is 2.21. The van der Waals surface area contributed by atoms with Crippen LogP contribution in [0.4, 0.5) is 4.39 Å². The number of aromatic nitrogens is 3. The van der Waals surface area contributed by atoms with Gasteiger partial charge in [0.25, 0.3) is 5.91 Å². The summed E-state index contributed by atoms with van der Waals surface area (Å²) in [6.45, 7) is 2.37.